The lowest BCUT2D eigenvalue weighted by molar-refractivity contribution is 0.268. The molecule has 2 nitrogen and oxygen atoms in total. The van der Waals surface area contributed by atoms with Crippen LogP contribution in [0.25, 0.3) is 0 Å². The third-order valence-electron chi connectivity index (χ3n) is 2.33. The number of ether oxygens (including phenoxy) is 1. The molecule has 0 radical (unpaired) electrons. The summed E-state index contributed by atoms with van der Waals surface area (Å²) in [5, 5.41) is 0. The van der Waals surface area contributed by atoms with Crippen LogP contribution in [0.4, 0.5) is 0 Å². The molecule has 0 amide bonds. The van der Waals surface area contributed by atoms with Crippen LogP contribution in [0.1, 0.15) is 31.9 Å². The van der Waals surface area contributed by atoms with Gasteiger partial charge in [-0.3, -0.25) is 0 Å². The Morgan fingerprint density at radius 1 is 1.25 bits per heavy atom. The van der Waals surface area contributed by atoms with Gasteiger partial charge in [0, 0.05) is 6.04 Å². The Morgan fingerprint density at radius 2 is 1.94 bits per heavy atom. The lowest BCUT2D eigenvalue weighted by Crippen LogP contribution is -2.18. The van der Waals surface area contributed by atoms with Crippen LogP contribution in [0.3, 0.4) is 0 Å². The molecule has 16 heavy (non-hydrogen) atoms. The number of benzene rings is 1. The Balaban J connectivity index is 2.80. The van der Waals surface area contributed by atoms with E-state index in [0.29, 0.717) is 5.92 Å². The molecule has 1 unspecified atom stereocenters. The lowest BCUT2D eigenvalue weighted by Gasteiger charge is -2.15. The summed E-state index contributed by atoms with van der Waals surface area (Å²) >= 11 is 0. The summed E-state index contributed by atoms with van der Waals surface area (Å²) in [6.07, 6.45) is 0.870. The Bertz CT molecular complexity index is 332. The van der Waals surface area contributed by atoms with E-state index in [1.165, 1.54) is 11.1 Å². The average molecular weight is 221 g/mol. The van der Waals surface area contributed by atoms with Crippen molar-refractivity contribution >= 4 is 0 Å². The van der Waals surface area contributed by atoms with Crippen LogP contribution >= 0.6 is 0 Å². The van der Waals surface area contributed by atoms with Crippen LogP contribution in [0.2, 0.25) is 0 Å². The van der Waals surface area contributed by atoms with Crippen LogP contribution in [0, 0.1) is 12.8 Å². The van der Waals surface area contributed by atoms with Crippen molar-refractivity contribution in [2.75, 3.05) is 6.61 Å². The summed E-state index contributed by atoms with van der Waals surface area (Å²) in [4.78, 5) is 0. The highest BCUT2D eigenvalue weighted by molar-refractivity contribution is 5.37. The molecule has 0 aliphatic carbocycles. The molecular weight excluding hydrogens is 198 g/mol. The van der Waals surface area contributed by atoms with Crippen LogP contribution in [-0.2, 0) is 6.42 Å². The van der Waals surface area contributed by atoms with Gasteiger partial charge in [-0.2, -0.15) is 0 Å². The molecule has 1 aromatic carbocycles. The second-order valence-electron chi connectivity index (χ2n) is 5.00. The zero-order valence-electron chi connectivity index (χ0n) is 10.8. The summed E-state index contributed by atoms with van der Waals surface area (Å²) < 4.78 is 5.80. The highest BCUT2D eigenvalue weighted by atomic mass is 16.5. The first-order chi connectivity index (χ1) is 7.49. The minimum Gasteiger partial charge on any atom is -0.493 e. The van der Waals surface area contributed by atoms with Gasteiger partial charge in [-0.15, -0.1) is 0 Å². The van der Waals surface area contributed by atoms with Crippen molar-refractivity contribution in [1.29, 1.82) is 0 Å². The topological polar surface area (TPSA) is 35.2 Å². The molecule has 0 spiro atoms. The molecule has 2 heteroatoms. The summed E-state index contributed by atoms with van der Waals surface area (Å²) in [5.41, 5.74) is 8.32. The van der Waals surface area contributed by atoms with E-state index in [9.17, 15) is 0 Å². The number of rotatable bonds is 5. The number of hydrogen-bond acceptors (Lipinski definition) is 2. The second-order valence-corrected chi connectivity index (χ2v) is 5.00. The molecule has 0 heterocycles. The highest BCUT2D eigenvalue weighted by Gasteiger charge is 2.07. The van der Waals surface area contributed by atoms with E-state index in [4.69, 9.17) is 10.5 Å². The van der Waals surface area contributed by atoms with Gasteiger partial charge in [-0.05, 0) is 37.8 Å². The molecule has 1 rings (SSSR count). The van der Waals surface area contributed by atoms with Gasteiger partial charge in [-0.1, -0.05) is 31.5 Å². The third kappa shape index (κ3) is 4.23. The predicted molar refractivity (Wildman–Crippen MR) is 68.9 cm³/mol. The Morgan fingerprint density at radius 3 is 2.50 bits per heavy atom. The minimum atomic E-state index is 0.170. The molecule has 0 aromatic heterocycles. The fourth-order valence-electron chi connectivity index (χ4n) is 1.61. The maximum absolute atomic E-state index is 5.84. The second kappa shape index (κ2) is 5.90. The fraction of sp³-hybridized carbons (Fsp3) is 0.571. The standard InChI is InChI=1S/C14H23NO/c1-10(2)9-16-14-6-5-11(3)7-13(14)8-12(4)15/h5-7,10,12H,8-9,15H2,1-4H3. The van der Waals surface area contributed by atoms with Gasteiger partial charge in [0.1, 0.15) is 5.75 Å². The lowest BCUT2D eigenvalue weighted by atomic mass is 10.0. The normalized spacial score (nSPS) is 12.9. The van der Waals surface area contributed by atoms with Crippen LogP contribution in [-0.4, -0.2) is 12.6 Å². The Kier molecular flexibility index (Phi) is 4.81. The van der Waals surface area contributed by atoms with Gasteiger partial charge < -0.3 is 10.5 Å². The molecule has 2 N–H and O–H groups in total. The number of hydrogen-bond donors (Lipinski definition) is 1. The van der Waals surface area contributed by atoms with Crippen molar-refractivity contribution in [2.24, 2.45) is 11.7 Å². The van der Waals surface area contributed by atoms with E-state index in [1.807, 2.05) is 6.92 Å². The zero-order valence-corrected chi connectivity index (χ0v) is 10.8. The molecule has 0 aliphatic rings. The van der Waals surface area contributed by atoms with E-state index in [1.54, 1.807) is 0 Å². The van der Waals surface area contributed by atoms with Crippen LogP contribution in [0.5, 0.6) is 5.75 Å². The van der Waals surface area contributed by atoms with E-state index < -0.39 is 0 Å². The summed E-state index contributed by atoms with van der Waals surface area (Å²) in [7, 11) is 0. The average Bonchev–Trinajstić information content (AvgIpc) is 2.15. The van der Waals surface area contributed by atoms with Gasteiger partial charge >= 0.3 is 0 Å². The van der Waals surface area contributed by atoms with Gasteiger partial charge in [0.05, 0.1) is 6.61 Å². The third-order valence-corrected chi connectivity index (χ3v) is 2.33. The monoisotopic (exact) mass is 221 g/mol. The SMILES string of the molecule is Cc1ccc(OCC(C)C)c(CC(C)N)c1. The van der Waals surface area contributed by atoms with Crippen molar-refractivity contribution < 1.29 is 4.74 Å². The molecule has 0 bridgehead atoms. The van der Waals surface area contributed by atoms with Crippen molar-refractivity contribution in [3.63, 3.8) is 0 Å². The highest BCUT2D eigenvalue weighted by Crippen LogP contribution is 2.22. The summed E-state index contributed by atoms with van der Waals surface area (Å²) in [6, 6.07) is 6.47. The van der Waals surface area contributed by atoms with Crippen molar-refractivity contribution in [3.8, 4) is 5.75 Å². The molecule has 0 saturated carbocycles. The number of aryl methyl sites for hydroxylation is 1. The van der Waals surface area contributed by atoms with Gasteiger partial charge in [0.15, 0.2) is 0 Å². The van der Waals surface area contributed by atoms with Gasteiger partial charge in [-0.25, -0.2) is 0 Å². The predicted octanol–water partition coefficient (Wildman–Crippen LogP) is 2.92. The first-order valence-electron chi connectivity index (χ1n) is 5.97. The zero-order chi connectivity index (χ0) is 12.1. The number of nitrogens with two attached hydrogens (primary N) is 1. The first-order valence-corrected chi connectivity index (χ1v) is 5.97. The van der Waals surface area contributed by atoms with Crippen molar-refractivity contribution in [2.45, 2.75) is 40.2 Å². The smallest absolute Gasteiger partial charge is 0.122 e. The molecule has 90 valence electrons. The van der Waals surface area contributed by atoms with Gasteiger partial charge in [0.25, 0.3) is 0 Å². The fourth-order valence-corrected chi connectivity index (χ4v) is 1.61. The van der Waals surface area contributed by atoms with Crippen molar-refractivity contribution in [1.82, 2.24) is 0 Å². The van der Waals surface area contributed by atoms with E-state index in [-0.39, 0.29) is 6.04 Å². The minimum absolute atomic E-state index is 0.170. The molecule has 0 saturated heterocycles. The van der Waals surface area contributed by atoms with E-state index in [2.05, 4.69) is 39.0 Å². The molecule has 0 fully saturated rings. The summed E-state index contributed by atoms with van der Waals surface area (Å²) in [5.74, 6) is 1.53. The largest absolute Gasteiger partial charge is 0.493 e. The molecule has 1 atom stereocenters. The molecule has 0 aliphatic heterocycles. The van der Waals surface area contributed by atoms with Crippen LogP contribution < -0.4 is 10.5 Å². The summed E-state index contributed by atoms with van der Waals surface area (Å²) in [6.45, 7) is 9.18. The maximum Gasteiger partial charge on any atom is 0.122 e. The quantitative estimate of drug-likeness (QED) is 0.829. The first kappa shape index (κ1) is 13.0. The Hall–Kier alpha value is -1.02. The molecule has 1 aromatic rings. The van der Waals surface area contributed by atoms with E-state index >= 15 is 0 Å². The van der Waals surface area contributed by atoms with Gasteiger partial charge in [0.2, 0.25) is 0 Å². The van der Waals surface area contributed by atoms with Crippen LogP contribution in [0.15, 0.2) is 18.2 Å². The van der Waals surface area contributed by atoms with Crippen molar-refractivity contribution in [3.05, 3.63) is 29.3 Å². The molecular formula is C14H23NO. The Labute approximate surface area is 98.8 Å². The maximum atomic E-state index is 5.84. The van der Waals surface area contributed by atoms with E-state index in [0.717, 1.165) is 18.8 Å².